The minimum absolute atomic E-state index is 0.126. The number of nitrogens with two attached hydrogens (primary N) is 2. The Morgan fingerprint density at radius 1 is 1.18 bits per heavy atom. The summed E-state index contributed by atoms with van der Waals surface area (Å²) in [5.41, 5.74) is 12.0. The molecule has 0 radical (unpaired) electrons. The van der Waals surface area contributed by atoms with Crippen LogP contribution in [-0.2, 0) is 16.9 Å². The summed E-state index contributed by atoms with van der Waals surface area (Å²) >= 11 is 0. The number of anilines is 3. The smallest absolute Gasteiger partial charge is 0.393 e. The van der Waals surface area contributed by atoms with Crippen LogP contribution >= 0.6 is 0 Å². The van der Waals surface area contributed by atoms with Gasteiger partial charge in [0.2, 0.25) is 0 Å². The molecule has 0 saturated heterocycles. The van der Waals surface area contributed by atoms with Crippen molar-refractivity contribution in [2.24, 2.45) is 0 Å². The number of rotatable bonds is 3. The molecular weight excluding hydrogens is 314 g/mol. The minimum Gasteiger partial charge on any atom is -0.393 e. The molecule has 0 amide bonds. The van der Waals surface area contributed by atoms with E-state index in [4.69, 9.17) is 29.0 Å². The summed E-state index contributed by atoms with van der Waals surface area (Å²) in [5, 5.41) is 2.97. The van der Waals surface area contributed by atoms with E-state index in [-0.39, 0.29) is 11.5 Å². The first-order valence-corrected chi connectivity index (χ1v) is 7.19. The van der Waals surface area contributed by atoms with Gasteiger partial charge in [0.05, 0.1) is 0 Å². The number of nitrogens with zero attached hydrogens (tertiary/aromatic N) is 1. The normalized spacial score (nSPS) is 10.5. The van der Waals surface area contributed by atoms with E-state index < -0.39 is 16.1 Å². The molecule has 2 aromatic rings. The van der Waals surface area contributed by atoms with Crippen molar-refractivity contribution in [2.45, 2.75) is 6.54 Å². The van der Waals surface area contributed by atoms with E-state index in [1.54, 1.807) is 0 Å². The molecule has 0 atom stereocenters. The van der Waals surface area contributed by atoms with Crippen LogP contribution in [0.5, 0.6) is 0 Å². The van der Waals surface area contributed by atoms with Gasteiger partial charge in [-0.2, -0.15) is 13.4 Å². The summed E-state index contributed by atoms with van der Waals surface area (Å²) in [7, 11) is -4.67. The third-order valence-corrected chi connectivity index (χ3v) is 2.30. The molecular formula is C11H15N5O5S. The average molecular weight is 329 g/mol. The molecule has 0 aliphatic heterocycles. The van der Waals surface area contributed by atoms with Crippen LogP contribution in [-0.4, -0.2) is 27.5 Å². The first-order valence-electron chi connectivity index (χ1n) is 5.79. The fourth-order valence-electron chi connectivity index (χ4n) is 1.42. The molecule has 0 spiro atoms. The van der Waals surface area contributed by atoms with Crippen molar-refractivity contribution in [1.82, 2.24) is 9.97 Å². The van der Waals surface area contributed by atoms with E-state index in [2.05, 4.69) is 15.3 Å². The van der Waals surface area contributed by atoms with Crippen LogP contribution in [0.1, 0.15) is 5.56 Å². The number of aromatic nitrogens is 2. The maximum Gasteiger partial charge on any atom is 0.394 e. The Kier molecular flexibility index (Phi) is 5.86. The number of benzene rings is 1. The van der Waals surface area contributed by atoms with Crippen molar-refractivity contribution in [3.8, 4) is 0 Å². The van der Waals surface area contributed by atoms with Gasteiger partial charge < -0.3 is 16.8 Å². The second-order valence-electron chi connectivity index (χ2n) is 4.00. The van der Waals surface area contributed by atoms with Gasteiger partial charge in [0.15, 0.2) is 5.82 Å². The van der Waals surface area contributed by atoms with E-state index in [0.717, 1.165) is 5.56 Å². The first-order chi connectivity index (χ1) is 10.2. The second kappa shape index (κ2) is 7.40. The zero-order valence-corrected chi connectivity index (χ0v) is 12.0. The lowest BCUT2D eigenvalue weighted by Gasteiger charge is -2.08. The first kappa shape index (κ1) is 17.4. The van der Waals surface area contributed by atoms with Crippen molar-refractivity contribution in [1.29, 1.82) is 0 Å². The standard InChI is InChI=1S/C11H13N5O.H2O4S/c12-8-9(13)15-11(17)16-10(8)14-6-7-4-2-1-3-5-7;1-5(2,3)4/h1-5H,6,12H2,(H4,13,14,15,16,17);(H2,1,2,3,4). The van der Waals surface area contributed by atoms with E-state index in [1.165, 1.54) is 0 Å². The zero-order chi connectivity index (χ0) is 16.8. The monoisotopic (exact) mass is 329 g/mol. The van der Waals surface area contributed by atoms with Gasteiger partial charge in [-0.05, 0) is 5.56 Å². The summed E-state index contributed by atoms with van der Waals surface area (Å²) in [4.78, 5) is 17.2. The number of hydrogen-bond donors (Lipinski definition) is 6. The van der Waals surface area contributed by atoms with Crippen LogP contribution in [0.4, 0.5) is 17.3 Å². The van der Waals surface area contributed by atoms with Gasteiger partial charge in [0.25, 0.3) is 0 Å². The highest BCUT2D eigenvalue weighted by molar-refractivity contribution is 7.79. The molecule has 0 unspecified atom stereocenters. The van der Waals surface area contributed by atoms with E-state index in [9.17, 15) is 4.79 Å². The van der Waals surface area contributed by atoms with Gasteiger partial charge in [-0.15, -0.1) is 0 Å². The molecule has 1 aromatic carbocycles. The Bertz CT molecular complexity index is 767. The molecule has 120 valence electrons. The predicted octanol–water partition coefficient (Wildman–Crippen LogP) is -0.106. The minimum atomic E-state index is -4.67. The maximum absolute atomic E-state index is 11.1. The molecule has 0 bridgehead atoms. The van der Waals surface area contributed by atoms with E-state index >= 15 is 0 Å². The molecule has 0 aliphatic rings. The van der Waals surface area contributed by atoms with Crippen molar-refractivity contribution in [2.75, 3.05) is 16.8 Å². The lowest BCUT2D eigenvalue weighted by atomic mass is 10.2. The highest BCUT2D eigenvalue weighted by Crippen LogP contribution is 2.18. The van der Waals surface area contributed by atoms with Gasteiger partial charge in [0.1, 0.15) is 11.5 Å². The van der Waals surface area contributed by atoms with E-state index in [0.29, 0.717) is 12.4 Å². The lowest BCUT2D eigenvalue weighted by Crippen LogP contribution is -2.18. The molecule has 2 rings (SSSR count). The highest BCUT2D eigenvalue weighted by Gasteiger charge is 2.05. The van der Waals surface area contributed by atoms with Crippen LogP contribution in [0.25, 0.3) is 0 Å². The molecule has 8 N–H and O–H groups in total. The number of aromatic amines is 1. The summed E-state index contributed by atoms with van der Waals surface area (Å²) in [5.74, 6) is 0.427. The Hall–Kier alpha value is -2.63. The van der Waals surface area contributed by atoms with Crippen LogP contribution in [0.3, 0.4) is 0 Å². The highest BCUT2D eigenvalue weighted by atomic mass is 32.3. The number of nitrogens with one attached hydrogen (secondary N) is 2. The third-order valence-electron chi connectivity index (χ3n) is 2.30. The molecule has 0 fully saturated rings. The van der Waals surface area contributed by atoms with Gasteiger partial charge in [0, 0.05) is 6.54 Å². The van der Waals surface area contributed by atoms with Crippen LogP contribution in [0.2, 0.25) is 0 Å². The van der Waals surface area contributed by atoms with Crippen LogP contribution in [0, 0.1) is 0 Å². The van der Waals surface area contributed by atoms with Gasteiger partial charge in [-0.25, -0.2) is 4.79 Å². The van der Waals surface area contributed by atoms with Gasteiger partial charge >= 0.3 is 16.1 Å². The van der Waals surface area contributed by atoms with Crippen molar-refractivity contribution >= 4 is 27.7 Å². The molecule has 10 nitrogen and oxygen atoms in total. The Morgan fingerprint density at radius 3 is 2.27 bits per heavy atom. The van der Waals surface area contributed by atoms with E-state index in [1.807, 2.05) is 30.3 Å². The SMILES string of the molecule is Nc1[nH]c(=O)nc(NCc2ccccc2)c1N.O=S(=O)(O)O. The second-order valence-corrected chi connectivity index (χ2v) is 4.90. The van der Waals surface area contributed by atoms with Crippen molar-refractivity contribution in [3.05, 3.63) is 46.4 Å². The maximum atomic E-state index is 11.1. The third kappa shape index (κ3) is 6.69. The fraction of sp³-hybridized carbons (Fsp3) is 0.0909. The van der Waals surface area contributed by atoms with Crippen LogP contribution in [0.15, 0.2) is 35.1 Å². The molecule has 1 heterocycles. The Balaban J connectivity index is 0.000000422. The number of H-pyrrole nitrogens is 1. The Morgan fingerprint density at radius 2 is 1.73 bits per heavy atom. The lowest BCUT2D eigenvalue weighted by molar-refractivity contribution is 0.381. The number of nitrogen functional groups attached to an aromatic ring is 2. The Labute approximate surface area is 125 Å². The summed E-state index contributed by atoms with van der Waals surface area (Å²) < 4.78 is 31.6. The topological polar surface area (TPSA) is 184 Å². The largest absolute Gasteiger partial charge is 0.394 e. The van der Waals surface area contributed by atoms with Crippen molar-refractivity contribution in [3.63, 3.8) is 0 Å². The average Bonchev–Trinajstić information content (AvgIpc) is 2.40. The number of hydrogen-bond acceptors (Lipinski definition) is 7. The van der Waals surface area contributed by atoms with Crippen molar-refractivity contribution < 1.29 is 17.5 Å². The van der Waals surface area contributed by atoms with Gasteiger partial charge in [-0.1, -0.05) is 30.3 Å². The fourth-order valence-corrected chi connectivity index (χ4v) is 1.42. The molecule has 0 saturated carbocycles. The predicted molar refractivity (Wildman–Crippen MR) is 81.6 cm³/mol. The molecule has 1 aromatic heterocycles. The van der Waals surface area contributed by atoms with Crippen LogP contribution < -0.4 is 22.5 Å². The zero-order valence-electron chi connectivity index (χ0n) is 11.2. The quantitative estimate of drug-likeness (QED) is 0.418. The molecule has 0 aliphatic carbocycles. The summed E-state index contributed by atoms with van der Waals surface area (Å²) in [6.45, 7) is 0.529. The summed E-state index contributed by atoms with van der Waals surface area (Å²) in [6, 6.07) is 9.71. The molecule has 11 heteroatoms. The summed E-state index contributed by atoms with van der Waals surface area (Å²) in [6.07, 6.45) is 0. The molecule has 22 heavy (non-hydrogen) atoms. The van der Waals surface area contributed by atoms with Gasteiger partial charge in [-0.3, -0.25) is 14.1 Å².